The number of nitrogens with zero attached hydrogens (tertiary/aromatic N) is 3. The molecule has 2 amide bonds. The number of carbonyl (C=O) groups excluding carboxylic acids is 6. The summed E-state index contributed by atoms with van der Waals surface area (Å²) in [5.41, 5.74) is 7.11. The van der Waals surface area contributed by atoms with Gasteiger partial charge < -0.3 is 77.2 Å². The predicted octanol–water partition coefficient (Wildman–Crippen LogP) is -0.570. The molecule has 0 aromatic carbocycles. The minimum absolute atomic E-state index is 0. The van der Waals surface area contributed by atoms with E-state index in [0.29, 0.717) is 25.5 Å². The zero-order chi connectivity index (χ0) is 54.7. The number of aliphatic carboxylic acids is 1. The third kappa shape index (κ3) is 39.6. The summed E-state index contributed by atoms with van der Waals surface area (Å²) in [7, 11) is 0. The monoisotopic (exact) mass is 1070 g/mol. The molecule has 24 nitrogen and oxygen atoms in total. The molecule has 4 rings (SSSR count). The van der Waals surface area contributed by atoms with Crippen molar-refractivity contribution in [2.45, 2.75) is 145 Å². The zero-order valence-electron chi connectivity index (χ0n) is 46.8. The summed E-state index contributed by atoms with van der Waals surface area (Å²) < 4.78 is 25.0. The van der Waals surface area contributed by atoms with E-state index in [1.165, 1.54) is 16.7 Å². The van der Waals surface area contributed by atoms with Crippen molar-refractivity contribution in [3.63, 3.8) is 0 Å². The zero-order valence-corrected chi connectivity index (χ0v) is 48.8. The van der Waals surface area contributed by atoms with Gasteiger partial charge in [-0.1, -0.05) is 0 Å². The largest absolute Gasteiger partial charge is 1.00 e. The number of ether oxygens (including phenoxy) is 5. The molecule has 0 aliphatic carbocycles. The molecular formula is C49H79BLiN9NaO15. The van der Waals surface area contributed by atoms with Crippen LogP contribution in [0.25, 0.3) is 0 Å². The summed E-state index contributed by atoms with van der Waals surface area (Å²) >= 11 is 0. The number of carbonyl (C=O) groups is 7. The standard InChI is InChI=1S/C15H24N2O4.C13H20N2O4.C10H16N2O2.C5H11NO2.C5H5NO.CN.B.Li.Na.2H2O/c1-6-20-13(18)11(2)17(10-12-8-7-9-16-12)14(19)21-15(3,4)5;1-9(11(16)17)15(8-10-6-5-7-14-10)12(18)19-13(2,3)4;1-3-14-10(13)8(2)12-7-9-5-4-6-11-9;1-3-8-5(7)4(2)6;7-4-5-2-1-3-6-5;1-2;;;;;/h7-9,11,16H,6,10H2,1-5H3;5-7,9,14H,8H2,1-4H3,(H,16,17);4-6,8,11-12H,3,7H2,1-2H3;4H,3,6H2,1-2H3;1-4,6H;;;;;2*1H2/q;;;;;-1;;2*+1;;/p-1/t11-;9-;8-;4-;;;;;;;/m0000......./s1. The number of esters is 3. The van der Waals surface area contributed by atoms with Crippen molar-refractivity contribution >= 4 is 50.8 Å². The molecule has 3 radical (unpaired) electrons. The minimum atomic E-state index is -1.07. The first-order chi connectivity index (χ1) is 33.3. The number of rotatable bonds is 17. The Bertz CT molecular complexity index is 2100. The van der Waals surface area contributed by atoms with Gasteiger partial charge in [0, 0.05) is 56.8 Å². The van der Waals surface area contributed by atoms with Crippen LogP contribution in [0.15, 0.2) is 73.3 Å². The van der Waals surface area contributed by atoms with Crippen LogP contribution >= 0.6 is 0 Å². The van der Waals surface area contributed by atoms with E-state index in [4.69, 9.17) is 41.6 Å². The molecule has 0 aliphatic rings. The number of hydrogen-bond donors (Lipinski definition) is 7. The van der Waals surface area contributed by atoms with Crippen LogP contribution in [0.3, 0.4) is 0 Å². The first-order valence-electron chi connectivity index (χ1n) is 22.7. The molecule has 4 atom stereocenters. The Hall–Kier alpha value is -5.80. The van der Waals surface area contributed by atoms with Gasteiger partial charge >= 0.3 is 84.5 Å². The van der Waals surface area contributed by atoms with Crippen LogP contribution in [0.5, 0.6) is 0 Å². The van der Waals surface area contributed by atoms with E-state index >= 15 is 0 Å². The van der Waals surface area contributed by atoms with Gasteiger partial charge in [0.05, 0.1) is 38.6 Å². The van der Waals surface area contributed by atoms with Crippen molar-refractivity contribution in [2.24, 2.45) is 5.73 Å². The molecule has 0 aliphatic heterocycles. The minimum Gasteiger partial charge on any atom is -0.870 e. The summed E-state index contributed by atoms with van der Waals surface area (Å²) in [6.45, 7) is 29.2. The van der Waals surface area contributed by atoms with E-state index in [1.54, 1.807) is 126 Å². The smallest absolute Gasteiger partial charge is 0.870 e. The summed E-state index contributed by atoms with van der Waals surface area (Å²) in [5.74, 6) is -2.07. The Kier molecular flexibility index (Phi) is 51.5. The van der Waals surface area contributed by atoms with Crippen LogP contribution in [0.1, 0.15) is 118 Å². The molecule has 0 unspecified atom stereocenters. The normalized spacial score (nSPS) is 11.2. The van der Waals surface area contributed by atoms with Crippen LogP contribution in [0.4, 0.5) is 9.59 Å². The van der Waals surface area contributed by atoms with E-state index in [1.807, 2.05) is 30.5 Å². The summed E-state index contributed by atoms with van der Waals surface area (Å²) in [6.07, 6.45) is 6.64. The van der Waals surface area contributed by atoms with Crippen molar-refractivity contribution in [1.82, 2.24) is 35.1 Å². The van der Waals surface area contributed by atoms with Gasteiger partial charge in [-0.25, -0.2) is 19.2 Å². The number of amides is 2. The van der Waals surface area contributed by atoms with E-state index < -0.39 is 53.5 Å². The first kappa shape index (κ1) is 84.2. The summed E-state index contributed by atoms with van der Waals surface area (Å²) in [6, 6.07) is 12.2. The topological polar surface area (TPSA) is 379 Å². The number of hydrogen-bond acceptors (Lipinski definition) is 16. The number of nitrogens with one attached hydrogen (secondary N) is 5. The van der Waals surface area contributed by atoms with Gasteiger partial charge in [0.25, 0.3) is 0 Å². The second-order valence-corrected chi connectivity index (χ2v) is 16.9. The average Bonchev–Trinajstić information content (AvgIpc) is 4.17. The van der Waals surface area contributed by atoms with Gasteiger partial charge in [-0.3, -0.25) is 29.5 Å². The molecule has 76 heavy (non-hydrogen) atoms. The SMILES string of the molecule is CCOC(=O)[C@H](C)N.CCOC(=O)[C@H](C)N(Cc1ccc[nH]1)C(=O)OC(C)(C)C.CCOC(=O)[C@H](C)NCc1ccc[nH]1.C[C@@H](C(=O)O)N(Cc1ccc[nH]1)C(=O)OC(C)(C)C.O.O=Cc1ccc[nH]1.[B].[C-]#N.[Li+].[Na+].[OH-]. The Morgan fingerprint density at radius 1 is 0.671 bits per heavy atom. The van der Waals surface area contributed by atoms with Gasteiger partial charge in [-0.15, -0.1) is 0 Å². The van der Waals surface area contributed by atoms with Gasteiger partial charge in [-0.05, 0) is 139 Å². The Morgan fingerprint density at radius 3 is 1.32 bits per heavy atom. The van der Waals surface area contributed by atoms with Crippen molar-refractivity contribution < 1.29 is 122 Å². The van der Waals surface area contributed by atoms with Crippen LogP contribution < -0.4 is 59.5 Å². The Morgan fingerprint density at radius 2 is 1.03 bits per heavy atom. The number of aromatic amines is 4. The second-order valence-electron chi connectivity index (χ2n) is 16.9. The average molecular weight is 1070 g/mol. The number of aromatic nitrogens is 4. The molecule has 0 saturated carbocycles. The van der Waals surface area contributed by atoms with Crippen molar-refractivity contribution in [2.75, 3.05) is 19.8 Å². The van der Waals surface area contributed by atoms with Gasteiger partial charge in [-0.2, -0.15) is 0 Å². The van der Waals surface area contributed by atoms with E-state index in [2.05, 4.69) is 30.0 Å². The molecule has 27 heteroatoms. The van der Waals surface area contributed by atoms with Crippen LogP contribution in [-0.2, 0) is 62.5 Å². The maximum Gasteiger partial charge on any atom is 1.00 e. The first-order valence-corrected chi connectivity index (χ1v) is 22.7. The summed E-state index contributed by atoms with van der Waals surface area (Å²) in [4.78, 5) is 93.0. The summed E-state index contributed by atoms with van der Waals surface area (Å²) in [5, 5.41) is 18.4. The fraction of sp³-hybridized carbons (Fsp3) is 0.510. The molecule has 0 fully saturated rings. The molecule has 4 heterocycles. The van der Waals surface area contributed by atoms with E-state index in [-0.39, 0.29) is 105 Å². The molecular weight excluding hydrogens is 995 g/mol. The Labute approximate surface area is 483 Å². The van der Waals surface area contributed by atoms with Crippen LogP contribution in [-0.4, -0.2) is 152 Å². The molecule has 4 aromatic heterocycles. The van der Waals surface area contributed by atoms with Gasteiger partial charge in [0.2, 0.25) is 0 Å². The number of carboxylic acids is 1. The third-order valence-corrected chi connectivity index (χ3v) is 8.49. The predicted molar refractivity (Wildman–Crippen MR) is 275 cm³/mol. The molecule has 11 N–H and O–H groups in total. The molecule has 0 saturated heterocycles. The van der Waals surface area contributed by atoms with E-state index in [0.717, 1.165) is 23.4 Å². The quantitative estimate of drug-likeness (QED) is 0.0229. The van der Waals surface area contributed by atoms with E-state index in [9.17, 15) is 33.6 Å². The molecule has 0 spiro atoms. The molecule has 415 valence electrons. The second kappa shape index (κ2) is 46.5. The number of aldehydes is 1. The van der Waals surface area contributed by atoms with Crippen molar-refractivity contribution in [3.05, 3.63) is 103 Å². The van der Waals surface area contributed by atoms with Gasteiger partial charge in [0.1, 0.15) is 35.4 Å². The number of nitrogens with two attached hydrogens (primary N) is 1. The Balaban J connectivity index is -0.000000160. The molecule has 0 bridgehead atoms. The van der Waals surface area contributed by atoms with Crippen molar-refractivity contribution in [1.29, 1.82) is 5.26 Å². The number of carboxylic acid groups (broad SMARTS) is 1. The van der Waals surface area contributed by atoms with Crippen LogP contribution in [0.2, 0.25) is 0 Å². The third-order valence-electron chi connectivity index (χ3n) is 8.49. The maximum absolute atomic E-state index is 12.3. The molecule has 4 aromatic rings. The fourth-order valence-electron chi connectivity index (χ4n) is 4.96. The van der Waals surface area contributed by atoms with Gasteiger partial charge in [0.15, 0.2) is 6.29 Å². The van der Waals surface area contributed by atoms with Crippen LogP contribution in [0, 0.1) is 11.8 Å². The maximum atomic E-state index is 12.3. The van der Waals surface area contributed by atoms with Crippen molar-refractivity contribution in [3.8, 4) is 0 Å². The number of H-pyrrole nitrogens is 4. The fourth-order valence-corrected chi connectivity index (χ4v) is 4.96.